The molecule has 2 aromatic carbocycles. The molecule has 0 aliphatic carbocycles. The topological polar surface area (TPSA) is 44.8 Å². The van der Waals surface area contributed by atoms with Crippen molar-refractivity contribution < 1.29 is 19.0 Å². The van der Waals surface area contributed by atoms with Crippen LogP contribution in [-0.4, -0.2) is 19.0 Å². The molecule has 1 atom stereocenters. The van der Waals surface area contributed by atoms with Crippen LogP contribution in [-0.2, 0) is 0 Å². The van der Waals surface area contributed by atoms with Gasteiger partial charge in [0, 0.05) is 11.6 Å². The lowest BCUT2D eigenvalue weighted by Gasteiger charge is -2.22. The first-order valence-electron chi connectivity index (χ1n) is 7.75. The van der Waals surface area contributed by atoms with Crippen molar-refractivity contribution in [1.29, 1.82) is 0 Å². The normalized spacial score (nSPS) is 19.9. The zero-order chi connectivity index (χ0) is 16.7. The lowest BCUT2D eigenvalue weighted by Crippen LogP contribution is -2.18. The smallest absolute Gasteiger partial charge is 0.231 e. The summed E-state index contributed by atoms with van der Waals surface area (Å²) in [7, 11) is 1.58. The number of Topliss-reactive ketones (excluding diaryl/α,β-unsaturated/α-hetero) is 1. The molecule has 0 amide bonds. The van der Waals surface area contributed by atoms with Gasteiger partial charge in [0.25, 0.3) is 0 Å². The van der Waals surface area contributed by atoms with Gasteiger partial charge < -0.3 is 14.2 Å². The van der Waals surface area contributed by atoms with Crippen LogP contribution in [0.3, 0.4) is 0 Å². The number of hydrogen-bond acceptors (Lipinski definition) is 4. The Kier molecular flexibility index (Phi) is 3.38. The second-order valence-corrected chi connectivity index (χ2v) is 5.74. The largest absolute Gasteiger partial charge is 0.497 e. The summed E-state index contributed by atoms with van der Waals surface area (Å²) in [4.78, 5) is 12.5. The highest BCUT2D eigenvalue weighted by Gasteiger charge is 2.29. The van der Waals surface area contributed by atoms with Crippen molar-refractivity contribution >= 4 is 11.9 Å². The van der Waals surface area contributed by atoms with Crippen LogP contribution in [0.5, 0.6) is 17.2 Å². The summed E-state index contributed by atoms with van der Waals surface area (Å²) in [6.45, 7) is 1.95. The number of carbonyl (C=O) groups excluding carboxylic acids is 1. The predicted molar refractivity (Wildman–Crippen MR) is 90.5 cm³/mol. The van der Waals surface area contributed by atoms with Crippen LogP contribution in [0.4, 0.5) is 0 Å². The van der Waals surface area contributed by atoms with Gasteiger partial charge in [0.15, 0.2) is 5.76 Å². The van der Waals surface area contributed by atoms with Crippen LogP contribution in [0.25, 0.3) is 6.08 Å². The summed E-state index contributed by atoms with van der Waals surface area (Å²) in [6, 6.07) is 13.0. The van der Waals surface area contributed by atoms with E-state index in [4.69, 9.17) is 14.2 Å². The molecule has 2 aliphatic rings. The number of rotatable bonds is 2. The highest BCUT2D eigenvalue weighted by molar-refractivity contribution is 6.12. The van der Waals surface area contributed by atoms with E-state index in [1.807, 2.05) is 37.3 Å². The van der Waals surface area contributed by atoms with E-state index in [1.54, 1.807) is 31.4 Å². The predicted octanol–water partition coefficient (Wildman–Crippen LogP) is 4.02. The number of ether oxygens (including phenoxy) is 3. The zero-order valence-electron chi connectivity index (χ0n) is 13.4. The van der Waals surface area contributed by atoms with E-state index >= 15 is 0 Å². The molecular formula is C20H16O4. The van der Waals surface area contributed by atoms with Gasteiger partial charge in [-0.3, -0.25) is 4.79 Å². The van der Waals surface area contributed by atoms with Gasteiger partial charge in [-0.1, -0.05) is 18.2 Å². The molecule has 0 unspecified atom stereocenters. The average molecular weight is 320 g/mol. The molecule has 0 saturated heterocycles. The highest BCUT2D eigenvalue weighted by Crippen LogP contribution is 2.36. The fraction of sp³-hybridized carbons (Fsp3) is 0.150. The van der Waals surface area contributed by atoms with Crippen LogP contribution >= 0.6 is 0 Å². The fourth-order valence-corrected chi connectivity index (χ4v) is 2.87. The SMILES string of the molecule is COc1ccc2c(c1)OC(=CC1=Cc3ccccc3O[C@H]1C)C2=O. The van der Waals surface area contributed by atoms with E-state index in [0.29, 0.717) is 22.8 Å². The van der Waals surface area contributed by atoms with E-state index in [1.165, 1.54) is 0 Å². The van der Waals surface area contributed by atoms with Gasteiger partial charge >= 0.3 is 0 Å². The molecular weight excluding hydrogens is 304 g/mol. The summed E-state index contributed by atoms with van der Waals surface area (Å²) >= 11 is 0. The van der Waals surface area contributed by atoms with E-state index in [0.717, 1.165) is 16.9 Å². The first kappa shape index (κ1) is 14.6. The van der Waals surface area contributed by atoms with Crippen LogP contribution in [0, 0.1) is 0 Å². The van der Waals surface area contributed by atoms with Gasteiger partial charge in [-0.2, -0.15) is 0 Å². The van der Waals surface area contributed by atoms with Gasteiger partial charge in [-0.25, -0.2) is 0 Å². The Labute approximate surface area is 140 Å². The number of allylic oxidation sites excluding steroid dienone is 1. The Bertz CT molecular complexity index is 892. The molecule has 0 spiro atoms. The van der Waals surface area contributed by atoms with Gasteiger partial charge in [-0.05, 0) is 42.8 Å². The monoisotopic (exact) mass is 320 g/mol. The molecule has 2 aliphatic heterocycles. The van der Waals surface area contributed by atoms with E-state index in [2.05, 4.69) is 0 Å². The second-order valence-electron chi connectivity index (χ2n) is 5.74. The summed E-state index contributed by atoms with van der Waals surface area (Å²) in [5, 5.41) is 0. The maximum Gasteiger partial charge on any atom is 0.231 e. The Balaban J connectivity index is 1.70. The van der Waals surface area contributed by atoms with Crippen molar-refractivity contribution in [1.82, 2.24) is 0 Å². The molecule has 4 rings (SSSR count). The molecule has 2 heterocycles. The average Bonchev–Trinajstić information content (AvgIpc) is 2.90. The zero-order valence-corrected chi connectivity index (χ0v) is 13.4. The maximum atomic E-state index is 12.5. The number of hydrogen-bond donors (Lipinski definition) is 0. The van der Waals surface area contributed by atoms with Crippen LogP contribution in [0.15, 0.2) is 59.9 Å². The van der Waals surface area contributed by atoms with Crippen LogP contribution < -0.4 is 14.2 Å². The summed E-state index contributed by atoms with van der Waals surface area (Å²) in [6.07, 6.45) is 3.63. The number of methoxy groups -OCH3 is 1. The van der Waals surface area contributed by atoms with Gasteiger partial charge in [0.2, 0.25) is 5.78 Å². The number of para-hydroxylation sites is 1. The number of carbonyl (C=O) groups is 1. The molecule has 120 valence electrons. The lowest BCUT2D eigenvalue weighted by atomic mass is 10.0. The molecule has 0 bridgehead atoms. The number of ketones is 1. The minimum absolute atomic E-state index is 0.125. The minimum atomic E-state index is -0.151. The molecule has 0 fully saturated rings. The molecule has 24 heavy (non-hydrogen) atoms. The molecule has 0 aromatic heterocycles. The third kappa shape index (κ3) is 2.36. The summed E-state index contributed by atoms with van der Waals surface area (Å²) < 4.78 is 16.8. The molecule has 0 radical (unpaired) electrons. The Morgan fingerprint density at radius 2 is 1.96 bits per heavy atom. The van der Waals surface area contributed by atoms with Crippen molar-refractivity contribution in [2.75, 3.05) is 7.11 Å². The van der Waals surface area contributed by atoms with Crippen molar-refractivity contribution in [2.45, 2.75) is 13.0 Å². The van der Waals surface area contributed by atoms with Gasteiger partial charge in [0.05, 0.1) is 12.7 Å². The Morgan fingerprint density at radius 3 is 2.79 bits per heavy atom. The van der Waals surface area contributed by atoms with Crippen LogP contribution in [0.2, 0.25) is 0 Å². The second kappa shape index (κ2) is 5.57. The molecule has 4 nitrogen and oxygen atoms in total. The first-order chi connectivity index (χ1) is 11.7. The lowest BCUT2D eigenvalue weighted by molar-refractivity contribution is 0.101. The minimum Gasteiger partial charge on any atom is -0.497 e. The van der Waals surface area contributed by atoms with Gasteiger partial charge in [0.1, 0.15) is 23.4 Å². The molecule has 0 N–H and O–H groups in total. The number of benzene rings is 2. The van der Waals surface area contributed by atoms with Crippen molar-refractivity contribution in [3.05, 3.63) is 71.0 Å². The van der Waals surface area contributed by atoms with Crippen molar-refractivity contribution in [3.63, 3.8) is 0 Å². The quantitative estimate of drug-likeness (QED) is 0.784. The summed E-state index contributed by atoms with van der Waals surface area (Å²) in [5.41, 5.74) is 2.44. The highest BCUT2D eigenvalue weighted by atomic mass is 16.5. The van der Waals surface area contributed by atoms with E-state index in [-0.39, 0.29) is 11.9 Å². The summed E-state index contributed by atoms with van der Waals surface area (Å²) in [5.74, 6) is 2.21. The Hall–Kier alpha value is -3.01. The molecule has 2 aromatic rings. The molecule has 0 saturated carbocycles. The fourth-order valence-electron chi connectivity index (χ4n) is 2.87. The first-order valence-corrected chi connectivity index (χ1v) is 7.75. The maximum absolute atomic E-state index is 12.5. The van der Waals surface area contributed by atoms with Crippen LogP contribution in [0.1, 0.15) is 22.8 Å². The van der Waals surface area contributed by atoms with E-state index in [9.17, 15) is 4.79 Å². The van der Waals surface area contributed by atoms with Crippen molar-refractivity contribution in [2.24, 2.45) is 0 Å². The third-order valence-electron chi connectivity index (χ3n) is 4.19. The van der Waals surface area contributed by atoms with Gasteiger partial charge in [-0.15, -0.1) is 0 Å². The Morgan fingerprint density at radius 1 is 1.12 bits per heavy atom. The molecule has 4 heteroatoms. The standard InChI is InChI=1S/C20H16O4/c1-12-14(9-13-5-3-4-6-17(13)23-12)10-19-20(21)16-8-7-15(22-2)11-18(16)24-19/h3-12H,1-2H3/t12-/m0/s1. The number of fused-ring (bicyclic) bond motifs is 2. The third-order valence-corrected chi connectivity index (χ3v) is 4.19. The van der Waals surface area contributed by atoms with Crippen molar-refractivity contribution in [3.8, 4) is 17.2 Å². The van der Waals surface area contributed by atoms with E-state index < -0.39 is 0 Å².